The first-order valence-electron chi connectivity index (χ1n) is 4.42. The lowest BCUT2D eigenvalue weighted by Crippen LogP contribution is -2.40. The van der Waals surface area contributed by atoms with Crippen LogP contribution >= 0.6 is 0 Å². The zero-order valence-electron chi connectivity index (χ0n) is 7.38. The van der Waals surface area contributed by atoms with Crippen LogP contribution in [0, 0.1) is 5.92 Å². The molecule has 13 heavy (non-hydrogen) atoms. The Kier molecular flexibility index (Phi) is 3.70. The van der Waals surface area contributed by atoms with Gasteiger partial charge in [0.15, 0.2) is 0 Å². The summed E-state index contributed by atoms with van der Waals surface area (Å²) >= 11 is 0. The Labute approximate surface area is 76.5 Å². The lowest BCUT2D eigenvalue weighted by atomic mass is 10.00. The van der Waals surface area contributed by atoms with Gasteiger partial charge in [-0.3, -0.25) is 4.79 Å². The molecule has 0 radical (unpaired) electrons. The molecule has 0 aromatic heterocycles. The molecule has 0 aromatic rings. The maximum Gasteiger partial charge on any atom is 0.394 e. The van der Waals surface area contributed by atoms with Crippen LogP contribution in [-0.4, -0.2) is 36.6 Å². The predicted molar refractivity (Wildman–Crippen MR) is 46.2 cm³/mol. The van der Waals surface area contributed by atoms with E-state index >= 15 is 0 Å². The van der Waals surface area contributed by atoms with Gasteiger partial charge >= 0.3 is 11.9 Å². The van der Waals surface area contributed by atoms with Crippen LogP contribution in [0.2, 0.25) is 0 Å². The standard InChI is InChI=1S/C8H14N2O3/c11-7(8(12)13)10-5-6-2-1-3-9-4-6/h6,9H,1-5H2,(H,10,11)(H,12,13). The van der Waals surface area contributed by atoms with Crippen molar-refractivity contribution < 1.29 is 14.7 Å². The lowest BCUT2D eigenvalue weighted by molar-refractivity contribution is -0.150. The number of carbonyl (C=O) groups is 2. The summed E-state index contributed by atoms with van der Waals surface area (Å²) < 4.78 is 0. The van der Waals surface area contributed by atoms with Crippen molar-refractivity contribution in [2.75, 3.05) is 19.6 Å². The molecule has 3 N–H and O–H groups in total. The van der Waals surface area contributed by atoms with Crippen molar-refractivity contribution in [3.63, 3.8) is 0 Å². The molecule has 5 nitrogen and oxygen atoms in total. The first-order chi connectivity index (χ1) is 6.20. The van der Waals surface area contributed by atoms with Crippen LogP contribution in [0.5, 0.6) is 0 Å². The maximum atomic E-state index is 10.7. The van der Waals surface area contributed by atoms with E-state index in [2.05, 4.69) is 10.6 Å². The molecule has 0 aromatic carbocycles. The second-order valence-electron chi connectivity index (χ2n) is 3.23. The van der Waals surface area contributed by atoms with Crippen molar-refractivity contribution in [3.05, 3.63) is 0 Å². The van der Waals surface area contributed by atoms with Crippen molar-refractivity contribution >= 4 is 11.9 Å². The number of aliphatic carboxylic acids is 1. The van der Waals surface area contributed by atoms with E-state index in [0.29, 0.717) is 12.5 Å². The second kappa shape index (κ2) is 4.81. The van der Waals surface area contributed by atoms with E-state index in [4.69, 9.17) is 5.11 Å². The van der Waals surface area contributed by atoms with Gasteiger partial charge in [0.25, 0.3) is 0 Å². The van der Waals surface area contributed by atoms with Gasteiger partial charge in [-0.15, -0.1) is 0 Å². The smallest absolute Gasteiger partial charge is 0.394 e. The number of amides is 1. The maximum absolute atomic E-state index is 10.7. The van der Waals surface area contributed by atoms with Crippen LogP contribution in [0.15, 0.2) is 0 Å². The van der Waals surface area contributed by atoms with Gasteiger partial charge in [0.05, 0.1) is 0 Å². The van der Waals surface area contributed by atoms with E-state index in [1.165, 1.54) is 0 Å². The molecule has 0 saturated carbocycles. The molecule has 0 spiro atoms. The van der Waals surface area contributed by atoms with Crippen LogP contribution in [0.1, 0.15) is 12.8 Å². The minimum absolute atomic E-state index is 0.372. The third kappa shape index (κ3) is 3.42. The van der Waals surface area contributed by atoms with Crippen LogP contribution in [0.3, 0.4) is 0 Å². The summed E-state index contributed by atoms with van der Waals surface area (Å²) in [5.41, 5.74) is 0. The number of rotatable bonds is 2. The first-order valence-corrected chi connectivity index (χ1v) is 4.42. The highest BCUT2D eigenvalue weighted by Gasteiger charge is 2.16. The zero-order valence-corrected chi connectivity index (χ0v) is 7.38. The molecule has 0 bridgehead atoms. The number of carbonyl (C=O) groups excluding carboxylic acids is 1. The van der Waals surface area contributed by atoms with Gasteiger partial charge in [0, 0.05) is 6.54 Å². The Hall–Kier alpha value is -1.10. The summed E-state index contributed by atoms with van der Waals surface area (Å²) in [5, 5.41) is 13.8. The first kappa shape index (κ1) is 9.98. The molecular formula is C8H14N2O3. The number of piperidine rings is 1. The summed E-state index contributed by atoms with van der Waals surface area (Å²) in [7, 11) is 0. The Balaban J connectivity index is 2.17. The van der Waals surface area contributed by atoms with E-state index < -0.39 is 11.9 Å². The third-order valence-corrected chi connectivity index (χ3v) is 2.14. The quantitative estimate of drug-likeness (QED) is 0.493. The summed E-state index contributed by atoms with van der Waals surface area (Å²) in [5.74, 6) is -1.95. The largest absolute Gasteiger partial charge is 0.474 e. The Morgan fingerprint density at radius 1 is 1.54 bits per heavy atom. The molecule has 5 heteroatoms. The van der Waals surface area contributed by atoms with Crippen molar-refractivity contribution in [1.29, 1.82) is 0 Å². The molecule has 1 fully saturated rings. The summed E-state index contributed by atoms with van der Waals surface area (Å²) in [6.45, 7) is 2.33. The molecule has 1 heterocycles. The third-order valence-electron chi connectivity index (χ3n) is 2.14. The average Bonchev–Trinajstić information content (AvgIpc) is 2.15. The van der Waals surface area contributed by atoms with Crippen molar-refractivity contribution in [1.82, 2.24) is 10.6 Å². The molecule has 1 aliphatic heterocycles. The SMILES string of the molecule is O=C(O)C(=O)NCC1CCCNC1. The number of carboxylic acid groups (broad SMARTS) is 1. The van der Waals surface area contributed by atoms with Gasteiger partial charge < -0.3 is 15.7 Å². The molecular weight excluding hydrogens is 172 g/mol. The Morgan fingerprint density at radius 2 is 2.31 bits per heavy atom. The molecule has 1 unspecified atom stereocenters. The topological polar surface area (TPSA) is 78.4 Å². The fraction of sp³-hybridized carbons (Fsp3) is 0.750. The highest BCUT2D eigenvalue weighted by atomic mass is 16.4. The lowest BCUT2D eigenvalue weighted by Gasteiger charge is -2.22. The normalized spacial score (nSPS) is 22.3. The van der Waals surface area contributed by atoms with Crippen molar-refractivity contribution in [3.8, 4) is 0 Å². The number of carboxylic acids is 1. The van der Waals surface area contributed by atoms with Gasteiger partial charge in [-0.05, 0) is 31.8 Å². The molecule has 74 valence electrons. The summed E-state index contributed by atoms with van der Waals surface area (Å²) in [4.78, 5) is 20.8. The van der Waals surface area contributed by atoms with Gasteiger partial charge in [-0.2, -0.15) is 0 Å². The van der Waals surface area contributed by atoms with Crippen molar-refractivity contribution in [2.24, 2.45) is 5.92 Å². The van der Waals surface area contributed by atoms with Crippen LogP contribution in [0.4, 0.5) is 0 Å². The van der Waals surface area contributed by atoms with Crippen LogP contribution < -0.4 is 10.6 Å². The van der Waals surface area contributed by atoms with Gasteiger partial charge in [0.1, 0.15) is 0 Å². The summed E-state index contributed by atoms with van der Waals surface area (Å²) in [6, 6.07) is 0. The van der Waals surface area contributed by atoms with Gasteiger partial charge in [-0.1, -0.05) is 0 Å². The van der Waals surface area contributed by atoms with E-state index in [9.17, 15) is 9.59 Å². The van der Waals surface area contributed by atoms with Crippen LogP contribution in [0.25, 0.3) is 0 Å². The molecule has 1 aliphatic rings. The van der Waals surface area contributed by atoms with Crippen molar-refractivity contribution in [2.45, 2.75) is 12.8 Å². The highest BCUT2D eigenvalue weighted by molar-refractivity contribution is 6.31. The average molecular weight is 186 g/mol. The molecule has 1 amide bonds. The number of nitrogens with one attached hydrogen (secondary N) is 2. The zero-order chi connectivity index (χ0) is 9.68. The fourth-order valence-corrected chi connectivity index (χ4v) is 1.41. The van der Waals surface area contributed by atoms with Gasteiger partial charge in [-0.25, -0.2) is 4.79 Å². The van der Waals surface area contributed by atoms with E-state index in [-0.39, 0.29) is 0 Å². The van der Waals surface area contributed by atoms with Gasteiger partial charge in [0.2, 0.25) is 0 Å². The minimum Gasteiger partial charge on any atom is -0.474 e. The molecule has 0 aliphatic carbocycles. The molecule has 1 saturated heterocycles. The number of hydrogen-bond acceptors (Lipinski definition) is 3. The minimum atomic E-state index is -1.41. The summed E-state index contributed by atoms with van der Waals surface area (Å²) in [6.07, 6.45) is 2.14. The molecule has 1 atom stereocenters. The fourth-order valence-electron chi connectivity index (χ4n) is 1.41. The Morgan fingerprint density at radius 3 is 2.85 bits per heavy atom. The van der Waals surface area contributed by atoms with E-state index in [1.807, 2.05) is 0 Å². The number of hydrogen-bond donors (Lipinski definition) is 3. The molecule has 1 rings (SSSR count). The van der Waals surface area contributed by atoms with E-state index in [0.717, 1.165) is 25.9 Å². The highest BCUT2D eigenvalue weighted by Crippen LogP contribution is 2.07. The Bertz CT molecular complexity index is 200. The van der Waals surface area contributed by atoms with Crippen LogP contribution in [-0.2, 0) is 9.59 Å². The van der Waals surface area contributed by atoms with E-state index in [1.54, 1.807) is 0 Å². The monoisotopic (exact) mass is 186 g/mol. The second-order valence-corrected chi connectivity index (χ2v) is 3.23. The predicted octanol–water partition coefficient (Wildman–Crippen LogP) is -0.813.